The summed E-state index contributed by atoms with van der Waals surface area (Å²) in [4.78, 5) is 15.7. The predicted octanol–water partition coefficient (Wildman–Crippen LogP) is 2.26. The van der Waals surface area contributed by atoms with Gasteiger partial charge in [0.05, 0.1) is 6.61 Å². The maximum atomic E-state index is 11.7. The molecule has 15 heavy (non-hydrogen) atoms. The summed E-state index contributed by atoms with van der Waals surface area (Å²) >= 11 is 3.27. The Morgan fingerprint density at radius 2 is 2.47 bits per heavy atom. The minimum Gasteiger partial charge on any atom is -0.490 e. The van der Waals surface area contributed by atoms with Crippen molar-refractivity contribution >= 4 is 21.7 Å². The molecule has 0 atom stereocenters. The average Bonchev–Trinajstić information content (AvgIpc) is 2.70. The average molecular weight is 268 g/mol. The van der Waals surface area contributed by atoms with E-state index in [1.807, 2.05) is 18.2 Å². The fourth-order valence-electron chi connectivity index (χ4n) is 1.44. The van der Waals surface area contributed by atoms with Crippen molar-refractivity contribution in [3.05, 3.63) is 40.3 Å². The zero-order valence-corrected chi connectivity index (χ0v) is 9.66. The Balaban J connectivity index is 2.05. The van der Waals surface area contributed by atoms with Gasteiger partial charge in [-0.3, -0.25) is 4.79 Å². The van der Waals surface area contributed by atoms with Crippen LogP contribution in [0.5, 0.6) is 0 Å². The number of carbonyl (C=O) groups is 1. The second-order valence-electron chi connectivity index (χ2n) is 3.29. The van der Waals surface area contributed by atoms with Crippen LogP contribution >= 0.6 is 15.9 Å². The summed E-state index contributed by atoms with van der Waals surface area (Å²) in [5.41, 5.74) is 0.943. The summed E-state index contributed by atoms with van der Waals surface area (Å²) in [6.45, 7) is 0.626. The lowest BCUT2D eigenvalue weighted by Gasteiger charge is -2.03. The van der Waals surface area contributed by atoms with Gasteiger partial charge in [0.25, 0.3) is 0 Å². The molecular formula is C11H10BrNO2. The molecule has 78 valence electrons. The number of aromatic nitrogens is 1. The Bertz CT molecular complexity index is 415. The second kappa shape index (κ2) is 4.57. The molecule has 1 aromatic rings. The maximum absolute atomic E-state index is 11.7. The van der Waals surface area contributed by atoms with Crippen molar-refractivity contribution in [1.82, 2.24) is 4.98 Å². The molecule has 1 aliphatic heterocycles. The van der Waals surface area contributed by atoms with Crippen LogP contribution < -0.4 is 0 Å². The Kier molecular flexibility index (Phi) is 3.16. The van der Waals surface area contributed by atoms with E-state index in [9.17, 15) is 4.79 Å². The van der Waals surface area contributed by atoms with Crippen molar-refractivity contribution in [2.24, 2.45) is 0 Å². The first-order valence-corrected chi connectivity index (χ1v) is 5.51. The third kappa shape index (κ3) is 2.65. The molecule has 0 saturated heterocycles. The Morgan fingerprint density at radius 1 is 1.60 bits per heavy atom. The summed E-state index contributed by atoms with van der Waals surface area (Å²) in [5, 5.41) is 0. The van der Waals surface area contributed by atoms with Crippen LogP contribution in [-0.2, 0) is 16.0 Å². The molecule has 2 heterocycles. The highest BCUT2D eigenvalue weighted by atomic mass is 79.9. The van der Waals surface area contributed by atoms with Gasteiger partial charge in [-0.15, -0.1) is 0 Å². The zero-order chi connectivity index (χ0) is 10.7. The van der Waals surface area contributed by atoms with Gasteiger partial charge in [-0.1, -0.05) is 0 Å². The van der Waals surface area contributed by atoms with Crippen molar-refractivity contribution in [3.8, 4) is 0 Å². The summed E-state index contributed by atoms with van der Waals surface area (Å²) < 4.78 is 5.95. The van der Waals surface area contributed by atoms with E-state index >= 15 is 0 Å². The first kappa shape index (κ1) is 10.4. The number of pyridine rings is 1. The van der Waals surface area contributed by atoms with Crippen LogP contribution in [0.15, 0.2) is 34.8 Å². The van der Waals surface area contributed by atoms with Crippen molar-refractivity contribution in [2.75, 3.05) is 6.61 Å². The van der Waals surface area contributed by atoms with Gasteiger partial charge in [0, 0.05) is 19.0 Å². The normalized spacial score (nSPS) is 14.6. The number of ether oxygens (including phenoxy) is 1. The van der Waals surface area contributed by atoms with Gasteiger partial charge in [0.15, 0.2) is 5.76 Å². The van der Waals surface area contributed by atoms with Gasteiger partial charge < -0.3 is 4.74 Å². The Morgan fingerprint density at radius 3 is 3.13 bits per heavy atom. The molecule has 0 spiro atoms. The topological polar surface area (TPSA) is 39.2 Å². The number of hydrogen-bond donors (Lipinski definition) is 0. The molecule has 2 rings (SSSR count). The number of carbonyl (C=O) groups excluding carboxylic acids is 1. The highest BCUT2D eigenvalue weighted by molar-refractivity contribution is 9.10. The third-order valence-corrected chi connectivity index (χ3v) is 2.57. The molecule has 0 aromatic carbocycles. The largest absolute Gasteiger partial charge is 0.490 e. The van der Waals surface area contributed by atoms with Crippen molar-refractivity contribution < 1.29 is 9.53 Å². The first-order valence-electron chi connectivity index (χ1n) is 4.72. The van der Waals surface area contributed by atoms with Crippen LogP contribution in [-0.4, -0.2) is 17.4 Å². The van der Waals surface area contributed by atoms with Gasteiger partial charge in [0.2, 0.25) is 5.78 Å². The third-order valence-electron chi connectivity index (χ3n) is 2.14. The van der Waals surface area contributed by atoms with E-state index in [1.54, 1.807) is 6.20 Å². The number of nitrogens with zero attached hydrogens (tertiary/aromatic N) is 1. The zero-order valence-electron chi connectivity index (χ0n) is 8.07. The van der Waals surface area contributed by atoms with Crippen LogP contribution in [0.3, 0.4) is 0 Å². The van der Waals surface area contributed by atoms with Crippen LogP contribution in [0.1, 0.15) is 12.0 Å². The monoisotopic (exact) mass is 267 g/mol. The van der Waals surface area contributed by atoms with E-state index in [0.29, 0.717) is 18.8 Å². The van der Waals surface area contributed by atoms with Crippen LogP contribution in [0, 0.1) is 0 Å². The van der Waals surface area contributed by atoms with Crippen LogP contribution in [0.2, 0.25) is 0 Å². The number of hydrogen-bond acceptors (Lipinski definition) is 3. The molecule has 0 bridgehead atoms. The van der Waals surface area contributed by atoms with E-state index in [4.69, 9.17) is 4.74 Å². The first-order chi connectivity index (χ1) is 7.25. The van der Waals surface area contributed by atoms with E-state index in [0.717, 1.165) is 16.6 Å². The SMILES string of the molecule is O=C(Cc1ccnc(Br)c1)C1=CCCO1. The van der Waals surface area contributed by atoms with Crippen LogP contribution in [0.4, 0.5) is 0 Å². The highest BCUT2D eigenvalue weighted by Gasteiger charge is 2.15. The smallest absolute Gasteiger partial charge is 0.201 e. The number of halogens is 1. The number of allylic oxidation sites excluding steroid dienone is 1. The summed E-state index contributed by atoms with van der Waals surface area (Å²) in [6, 6.07) is 3.67. The molecule has 0 N–H and O–H groups in total. The molecule has 0 amide bonds. The fraction of sp³-hybridized carbons (Fsp3) is 0.273. The van der Waals surface area contributed by atoms with Gasteiger partial charge in [-0.05, 0) is 39.7 Å². The molecular weight excluding hydrogens is 258 g/mol. The molecule has 1 aromatic heterocycles. The molecule has 1 aliphatic rings. The van der Waals surface area contributed by atoms with E-state index in [1.165, 1.54) is 0 Å². The predicted molar refractivity (Wildman–Crippen MR) is 59.3 cm³/mol. The maximum Gasteiger partial charge on any atom is 0.201 e. The molecule has 0 fully saturated rings. The van der Waals surface area contributed by atoms with Crippen molar-refractivity contribution in [3.63, 3.8) is 0 Å². The minimum atomic E-state index is 0.0330. The minimum absolute atomic E-state index is 0.0330. The van der Waals surface area contributed by atoms with Crippen molar-refractivity contribution in [2.45, 2.75) is 12.8 Å². The quantitative estimate of drug-likeness (QED) is 0.789. The highest BCUT2D eigenvalue weighted by Crippen LogP contribution is 2.14. The lowest BCUT2D eigenvalue weighted by atomic mass is 10.1. The van der Waals surface area contributed by atoms with E-state index in [-0.39, 0.29) is 5.78 Å². The van der Waals surface area contributed by atoms with Gasteiger partial charge >= 0.3 is 0 Å². The fourth-order valence-corrected chi connectivity index (χ4v) is 1.85. The molecule has 0 saturated carbocycles. The lowest BCUT2D eigenvalue weighted by molar-refractivity contribution is -0.117. The molecule has 0 radical (unpaired) electrons. The summed E-state index contributed by atoms with van der Waals surface area (Å²) in [5.74, 6) is 0.536. The van der Waals surface area contributed by atoms with Crippen molar-refractivity contribution in [1.29, 1.82) is 0 Å². The van der Waals surface area contributed by atoms with Gasteiger partial charge in [0.1, 0.15) is 4.60 Å². The molecule has 0 unspecified atom stereocenters. The van der Waals surface area contributed by atoms with E-state index in [2.05, 4.69) is 20.9 Å². The summed E-state index contributed by atoms with van der Waals surface area (Å²) in [6.07, 6.45) is 4.73. The second-order valence-corrected chi connectivity index (χ2v) is 4.10. The molecule has 0 aliphatic carbocycles. The Hall–Kier alpha value is -1.16. The summed E-state index contributed by atoms with van der Waals surface area (Å²) in [7, 11) is 0. The van der Waals surface area contributed by atoms with Gasteiger partial charge in [-0.2, -0.15) is 0 Å². The number of rotatable bonds is 3. The Labute approximate surface area is 96.3 Å². The van der Waals surface area contributed by atoms with Gasteiger partial charge in [-0.25, -0.2) is 4.98 Å². The standard InChI is InChI=1S/C11H10BrNO2/c12-11-7-8(3-4-13-11)6-9(14)10-2-1-5-15-10/h2-4,7H,1,5-6H2. The number of ketones is 1. The molecule has 4 heteroatoms. The lowest BCUT2D eigenvalue weighted by Crippen LogP contribution is -2.06. The van der Waals surface area contributed by atoms with Crippen LogP contribution in [0.25, 0.3) is 0 Å². The van der Waals surface area contributed by atoms with E-state index < -0.39 is 0 Å². The number of Topliss-reactive ketones (excluding diaryl/α,β-unsaturated/α-hetero) is 1. The molecule has 3 nitrogen and oxygen atoms in total.